The lowest BCUT2D eigenvalue weighted by atomic mass is 9.69. The summed E-state index contributed by atoms with van der Waals surface area (Å²) < 4.78 is 0. The molecule has 1 aliphatic carbocycles. The van der Waals surface area contributed by atoms with E-state index in [2.05, 4.69) is 19.2 Å². The molecule has 1 aliphatic heterocycles. The standard InChI is InChI=1S/C22H23NO2S/c1-14-4-6-16(7-5-14)23-18-11-22(2,3)12-19(24)21(18)17(10-20(23)25)15-8-9-26-13-15/h4-9,13,17H,10-12H2,1-3H3/t17-/m0/s1. The minimum absolute atomic E-state index is 0.0781. The predicted octanol–water partition coefficient (Wildman–Crippen LogP) is 5.22. The van der Waals surface area contributed by atoms with E-state index in [0.29, 0.717) is 12.8 Å². The number of ketones is 1. The molecule has 2 aliphatic rings. The summed E-state index contributed by atoms with van der Waals surface area (Å²) >= 11 is 1.61. The van der Waals surface area contributed by atoms with Gasteiger partial charge in [-0.15, -0.1) is 0 Å². The van der Waals surface area contributed by atoms with Crippen molar-refractivity contribution in [3.8, 4) is 0 Å². The van der Waals surface area contributed by atoms with Crippen molar-refractivity contribution in [2.45, 2.75) is 46.0 Å². The van der Waals surface area contributed by atoms with Crippen LogP contribution in [0.25, 0.3) is 0 Å². The average Bonchev–Trinajstić information content (AvgIpc) is 3.08. The minimum Gasteiger partial charge on any atom is -0.294 e. The number of allylic oxidation sites excluding steroid dienone is 2. The van der Waals surface area contributed by atoms with Crippen molar-refractivity contribution < 1.29 is 9.59 Å². The lowest BCUT2D eigenvalue weighted by Gasteiger charge is -2.42. The highest BCUT2D eigenvalue weighted by atomic mass is 32.1. The Morgan fingerprint density at radius 1 is 1.08 bits per heavy atom. The molecule has 1 aromatic heterocycles. The van der Waals surface area contributed by atoms with Gasteiger partial charge in [-0.05, 0) is 53.3 Å². The van der Waals surface area contributed by atoms with E-state index in [1.165, 1.54) is 0 Å². The Balaban J connectivity index is 1.89. The molecule has 0 spiro atoms. The molecule has 1 atom stereocenters. The van der Waals surface area contributed by atoms with E-state index >= 15 is 0 Å². The monoisotopic (exact) mass is 365 g/mol. The Hall–Kier alpha value is -2.20. The largest absolute Gasteiger partial charge is 0.294 e. The Morgan fingerprint density at radius 2 is 1.81 bits per heavy atom. The van der Waals surface area contributed by atoms with Crippen LogP contribution >= 0.6 is 11.3 Å². The number of hydrogen-bond donors (Lipinski definition) is 0. The lowest BCUT2D eigenvalue weighted by molar-refractivity contribution is -0.121. The molecule has 134 valence electrons. The van der Waals surface area contributed by atoms with Crippen molar-refractivity contribution in [2.24, 2.45) is 5.41 Å². The zero-order valence-electron chi connectivity index (χ0n) is 15.4. The van der Waals surface area contributed by atoms with Gasteiger partial charge < -0.3 is 0 Å². The van der Waals surface area contributed by atoms with E-state index < -0.39 is 0 Å². The van der Waals surface area contributed by atoms with Gasteiger partial charge in [0.2, 0.25) is 5.91 Å². The van der Waals surface area contributed by atoms with E-state index in [4.69, 9.17) is 0 Å². The van der Waals surface area contributed by atoms with Gasteiger partial charge >= 0.3 is 0 Å². The van der Waals surface area contributed by atoms with Crippen molar-refractivity contribution in [1.82, 2.24) is 0 Å². The average molecular weight is 365 g/mol. The molecule has 4 rings (SSSR count). The van der Waals surface area contributed by atoms with Crippen molar-refractivity contribution >= 4 is 28.7 Å². The number of amides is 1. The molecule has 2 heterocycles. The summed E-state index contributed by atoms with van der Waals surface area (Å²) in [6.07, 6.45) is 1.65. The van der Waals surface area contributed by atoms with E-state index in [1.54, 1.807) is 16.2 Å². The molecule has 0 bridgehead atoms. The predicted molar refractivity (Wildman–Crippen MR) is 105 cm³/mol. The third kappa shape index (κ3) is 2.92. The summed E-state index contributed by atoms with van der Waals surface area (Å²) in [6, 6.07) is 10.0. The molecule has 0 N–H and O–H groups in total. The quantitative estimate of drug-likeness (QED) is 0.732. The van der Waals surface area contributed by atoms with Gasteiger partial charge in [-0.2, -0.15) is 11.3 Å². The van der Waals surface area contributed by atoms with Crippen molar-refractivity contribution in [3.63, 3.8) is 0 Å². The van der Waals surface area contributed by atoms with Gasteiger partial charge in [0.05, 0.1) is 0 Å². The molecule has 3 nitrogen and oxygen atoms in total. The molecular formula is C22H23NO2S. The van der Waals surface area contributed by atoms with E-state index in [0.717, 1.165) is 34.5 Å². The van der Waals surface area contributed by atoms with Crippen LogP contribution in [0.1, 0.15) is 50.2 Å². The first-order valence-electron chi connectivity index (χ1n) is 9.04. The number of benzene rings is 1. The van der Waals surface area contributed by atoms with Crippen molar-refractivity contribution in [1.29, 1.82) is 0 Å². The van der Waals surface area contributed by atoms with Crippen LogP contribution in [0.4, 0.5) is 5.69 Å². The number of Topliss-reactive ketones (excluding diaryl/α,β-unsaturated/α-hetero) is 1. The number of carbonyl (C=O) groups is 2. The van der Waals surface area contributed by atoms with Crippen LogP contribution < -0.4 is 4.90 Å². The summed E-state index contributed by atoms with van der Waals surface area (Å²) in [7, 11) is 0. The van der Waals surface area contributed by atoms with Crippen molar-refractivity contribution in [2.75, 3.05) is 4.90 Å². The van der Waals surface area contributed by atoms with Crippen LogP contribution in [-0.2, 0) is 9.59 Å². The summed E-state index contributed by atoms with van der Waals surface area (Å²) in [5, 5.41) is 4.08. The second-order valence-electron chi connectivity index (χ2n) is 8.18. The highest BCUT2D eigenvalue weighted by molar-refractivity contribution is 7.08. The fourth-order valence-electron chi connectivity index (χ4n) is 4.17. The van der Waals surface area contributed by atoms with Crippen LogP contribution in [0.3, 0.4) is 0 Å². The SMILES string of the molecule is Cc1ccc(N2C(=O)C[C@@H](c3ccsc3)C3=C2CC(C)(C)CC3=O)cc1. The minimum atomic E-state index is -0.129. The highest BCUT2D eigenvalue weighted by Gasteiger charge is 2.44. The van der Waals surface area contributed by atoms with Gasteiger partial charge in [0, 0.05) is 35.7 Å². The number of hydrogen-bond acceptors (Lipinski definition) is 3. The Labute approximate surface area is 158 Å². The molecule has 2 aromatic rings. The van der Waals surface area contributed by atoms with Crippen LogP contribution in [0.15, 0.2) is 52.4 Å². The molecule has 1 amide bonds. The molecule has 0 unspecified atom stereocenters. The third-order valence-electron chi connectivity index (χ3n) is 5.38. The molecule has 0 saturated carbocycles. The maximum Gasteiger partial charge on any atom is 0.232 e. The van der Waals surface area contributed by atoms with E-state index in [-0.39, 0.29) is 23.0 Å². The fraction of sp³-hybridized carbons (Fsp3) is 0.364. The molecule has 4 heteroatoms. The topological polar surface area (TPSA) is 37.4 Å². The van der Waals surface area contributed by atoms with Crippen LogP contribution in [0, 0.1) is 12.3 Å². The Kier molecular flexibility index (Phi) is 4.11. The molecule has 26 heavy (non-hydrogen) atoms. The first kappa shape index (κ1) is 17.2. The molecule has 0 saturated heterocycles. The van der Waals surface area contributed by atoms with Gasteiger partial charge in [-0.3, -0.25) is 14.5 Å². The smallest absolute Gasteiger partial charge is 0.232 e. The molecular weight excluding hydrogens is 342 g/mol. The number of aryl methyl sites for hydroxylation is 1. The van der Waals surface area contributed by atoms with E-state index in [9.17, 15) is 9.59 Å². The maximum absolute atomic E-state index is 13.1. The number of nitrogens with zero attached hydrogens (tertiary/aromatic N) is 1. The number of thiophene rings is 1. The number of carbonyl (C=O) groups excluding carboxylic acids is 2. The van der Waals surface area contributed by atoms with E-state index in [1.807, 2.05) is 42.6 Å². The number of rotatable bonds is 2. The van der Waals surface area contributed by atoms with Gasteiger partial charge in [-0.25, -0.2) is 0 Å². The summed E-state index contributed by atoms with van der Waals surface area (Å²) in [5.74, 6) is 0.167. The van der Waals surface area contributed by atoms with Gasteiger partial charge in [0.25, 0.3) is 0 Å². The zero-order chi connectivity index (χ0) is 18.5. The van der Waals surface area contributed by atoms with Gasteiger partial charge in [0.1, 0.15) is 0 Å². The highest BCUT2D eigenvalue weighted by Crippen LogP contribution is 2.48. The molecule has 0 fully saturated rings. The molecule has 0 radical (unpaired) electrons. The number of anilines is 1. The first-order valence-corrected chi connectivity index (χ1v) is 9.98. The second kappa shape index (κ2) is 6.20. The summed E-state index contributed by atoms with van der Waals surface area (Å²) in [4.78, 5) is 28.0. The summed E-state index contributed by atoms with van der Waals surface area (Å²) in [5.41, 5.74) is 4.74. The normalized spacial score (nSPS) is 22.6. The lowest BCUT2D eigenvalue weighted by Crippen LogP contribution is -2.43. The third-order valence-corrected chi connectivity index (χ3v) is 6.08. The second-order valence-corrected chi connectivity index (χ2v) is 8.96. The van der Waals surface area contributed by atoms with Gasteiger partial charge in [-0.1, -0.05) is 31.5 Å². The Bertz CT molecular complexity index is 891. The van der Waals surface area contributed by atoms with Crippen LogP contribution in [0.2, 0.25) is 0 Å². The Morgan fingerprint density at radius 3 is 2.46 bits per heavy atom. The fourth-order valence-corrected chi connectivity index (χ4v) is 4.88. The van der Waals surface area contributed by atoms with Crippen LogP contribution in [0.5, 0.6) is 0 Å². The first-order chi connectivity index (χ1) is 12.4. The summed E-state index contributed by atoms with van der Waals surface area (Å²) in [6.45, 7) is 6.26. The van der Waals surface area contributed by atoms with Crippen molar-refractivity contribution in [3.05, 3.63) is 63.5 Å². The molecule has 1 aromatic carbocycles. The zero-order valence-corrected chi connectivity index (χ0v) is 16.2. The van der Waals surface area contributed by atoms with Crippen LogP contribution in [-0.4, -0.2) is 11.7 Å². The maximum atomic E-state index is 13.1. The van der Waals surface area contributed by atoms with Gasteiger partial charge in [0.15, 0.2) is 5.78 Å².